The van der Waals surface area contributed by atoms with Crippen LogP contribution in [-0.4, -0.2) is 15.3 Å². The Morgan fingerprint density at radius 3 is 1.37 bits per heavy atom. The van der Waals surface area contributed by atoms with Crippen molar-refractivity contribution in [3.63, 3.8) is 0 Å². The van der Waals surface area contributed by atoms with Crippen LogP contribution >= 0.6 is 7.67 Å². The molecule has 0 unspecified atom stereocenters. The molecule has 3 N–H and O–H groups in total. The van der Waals surface area contributed by atoms with Crippen molar-refractivity contribution in [2.45, 2.75) is 0 Å². The third kappa shape index (κ3) is 2.77. The molecule has 0 saturated heterocycles. The maximum absolute atomic E-state index is 12.1. The zero-order valence-corrected chi connectivity index (χ0v) is 10.8. The minimum atomic E-state index is -4.54. The lowest BCUT2D eigenvalue weighted by Gasteiger charge is -2.28. The summed E-state index contributed by atoms with van der Waals surface area (Å²) in [6.45, 7) is 0. The van der Waals surface area contributed by atoms with Crippen LogP contribution in [0.15, 0.2) is 60.7 Å². The number of anilines is 2. The van der Waals surface area contributed by atoms with Crippen LogP contribution in [0.5, 0.6) is 0 Å². The SMILES string of the molecule is O=P(O)(N(O)c1ccccc1)N(O)c1ccccc1. The summed E-state index contributed by atoms with van der Waals surface area (Å²) in [6, 6.07) is 15.6. The number of benzene rings is 2. The van der Waals surface area contributed by atoms with Gasteiger partial charge in [-0.05, 0) is 24.3 Å². The van der Waals surface area contributed by atoms with Crippen LogP contribution in [0.4, 0.5) is 11.4 Å². The van der Waals surface area contributed by atoms with Gasteiger partial charge >= 0.3 is 7.67 Å². The summed E-state index contributed by atoms with van der Waals surface area (Å²) in [4.78, 5) is 10.2. The quantitative estimate of drug-likeness (QED) is 0.590. The molecule has 19 heavy (non-hydrogen) atoms. The van der Waals surface area contributed by atoms with Crippen LogP contribution in [-0.2, 0) is 4.57 Å². The highest BCUT2D eigenvalue weighted by atomic mass is 31.2. The standard InChI is InChI=1S/C12H13N2O4P/c15-13(11-7-3-1-4-8-11)19(17,18)14(16)12-9-5-2-6-10-12/h1-10,15-16H,(H,17,18). The fraction of sp³-hybridized carbons (Fsp3) is 0. The van der Waals surface area contributed by atoms with E-state index in [0.717, 1.165) is 0 Å². The molecular weight excluding hydrogens is 267 g/mol. The molecule has 0 aromatic heterocycles. The van der Waals surface area contributed by atoms with Crippen LogP contribution in [0.1, 0.15) is 0 Å². The zero-order valence-electron chi connectivity index (χ0n) is 9.87. The Morgan fingerprint density at radius 1 is 0.737 bits per heavy atom. The molecule has 0 bridgehead atoms. The van der Waals surface area contributed by atoms with Gasteiger partial charge < -0.3 is 4.89 Å². The van der Waals surface area contributed by atoms with Gasteiger partial charge in [0.2, 0.25) is 0 Å². The summed E-state index contributed by atoms with van der Waals surface area (Å²) in [5.41, 5.74) is 0.201. The van der Waals surface area contributed by atoms with Crippen molar-refractivity contribution in [2.24, 2.45) is 0 Å². The zero-order chi connectivity index (χ0) is 13.9. The third-order valence-corrected chi connectivity index (χ3v) is 3.92. The summed E-state index contributed by atoms with van der Waals surface area (Å²) in [6.07, 6.45) is 0. The summed E-state index contributed by atoms with van der Waals surface area (Å²) in [5.74, 6) is 0. The van der Waals surface area contributed by atoms with Gasteiger partial charge in [-0.1, -0.05) is 36.4 Å². The Hall–Kier alpha value is -1.85. The molecule has 0 aliphatic rings. The van der Waals surface area contributed by atoms with E-state index in [2.05, 4.69) is 0 Å². The first-order chi connectivity index (χ1) is 9.03. The van der Waals surface area contributed by atoms with Crippen molar-refractivity contribution >= 4 is 19.0 Å². The normalized spacial score (nSPS) is 11.1. The fourth-order valence-corrected chi connectivity index (χ4v) is 2.53. The molecule has 0 amide bonds. The van der Waals surface area contributed by atoms with E-state index in [-0.39, 0.29) is 21.0 Å². The molecule has 7 heteroatoms. The largest absolute Gasteiger partial charge is 0.441 e. The second-order valence-electron chi connectivity index (χ2n) is 3.76. The average Bonchev–Trinajstić information content (AvgIpc) is 2.47. The van der Waals surface area contributed by atoms with E-state index in [0.29, 0.717) is 0 Å². The van der Waals surface area contributed by atoms with Crippen molar-refractivity contribution in [2.75, 3.05) is 9.67 Å². The third-order valence-electron chi connectivity index (χ3n) is 2.47. The van der Waals surface area contributed by atoms with Gasteiger partial charge in [0.1, 0.15) is 0 Å². The van der Waals surface area contributed by atoms with Gasteiger partial charge in [0, 0.05) is 0 Å². The first-order valence-corrected chi connectivity index (χ1v) is 7.02. The molecule has 0 saturated carbocycles. The molecule has 0 aliphatic carbocycles. The molecule has 0 fully saturated rings. The van der Waals surface area contributed by atoms with Crippen LogP contribution < -0.4 is 9.67 Å². The molecule has 0 aliphatic heterocycles. The van der Waals surface area contributed by atoms with Crippen LogP contribution in [0.25, 0.3) is 0 Å². The van der Waals surface area contributed by atoms with Crippen molar-refractivity contribution in [3.05, 3.63) is 60.7 Å². The molecule has 100 valence electrons. The highest BCUT2D eigenvalue weighted by Crippen LogP contribution is 2.50. The maximum Gasteiger partial charge on any atom is 0.441 e. The number of hydrogen-bond donors (Lipinski definition) is 3. The highest BCUT2D eigenvalue weighted by Gasteiger charge is 2.35. The lowest BCUT2D eigenvalue weighted by Crippen LogP contribution is -2.27. The summed E-state index contributed by atoms with van der Waals surface area (Å²) in [5, 5.41) is 19.6. The molecule has 0 atom stereocenters. The first-order valence-electron chi connectivity index (χ1n) is 5.45. The topological polar surface area (TPSA) is 84.2 Å². The van der Waals surface area contributed by atoms with Crippen molar-refractivity contribution < 1.29 is 19.9 Å². The summed E-state index contributed by atoms with van der Waals surface area (Å²) >= 11 is 0. The number of hydrogen-bond acceptors (Lipinski definition) is 3. The predicted molar refractivity (Wildman–Crippen MR) is 71.2 cm³/mol. The van der Waals surface area contributed by atoms with E-state index in [1.807, 2.05) is 0 Å². The molecule has 2 aromatic carbocycles. The molecule has 0 radical (unpaired) electrons. The van der Waals surface area contributed by atoms with Gasteiger partial charge in [0.25, 0.3) is 0 Å². The Bertz CT molecular complexity index is 529. The van der Waals surface area contributed by atoms with Crippen molar-refractivity contribution in [3.8, 4) is 0 Å². The smallest absolute Gasteiger partial charge is 0.310 e. The van der Waals surface area contributed by atoms with Crippen LogP contribution in [0.2, 0.25) is 0 Å². The lowest BCUT2D eigenvalue weighted by molar-refractivity contribution is 0.250. The Kier molecular flexibility index (Phi) is 3.87. The maximum atomic E-state index is 12.1. The summed E-state index contributed by atoms with van der Waals surface area (Å²) in [7, 11) is -4.54. The average molecular weight is 280 g/mol. The van der Waals surface area contributed by atoms with Gasteiger partial charge in [0.05, 0.1) is 11.4 Å². The number of nitrogens with zero attached hydrogens (tertiary/aromatic N) is 2. The number of rotatable bonds is 4. The molecular formula is C12H13N2O4P. The molecule has 0 spiro atoms. The first kappa shape index (κ1) is 13.6. The van der Waals surface area contributed by atoms with E-state index in [4.69, 9.17) is 0 Å². The predicted octanol–water partition coefficient (Wildman–Crippen LogP) is 2.88. The van der Waals surface area contributed by atoms with E-state index < -0.39 is 7.67 Å². The van der Waals surface area contributed by atoms with E-state index in [9.17, 15) is 19.9 Å². The van der Waals surface area contributed by atoms with Crippen molar-refractivity contribution in [1.29, 1.82) is 0 Å². The fourth-order valence-electron chi connectivity index (χ4n) is 1.50. The minimum absolute atomic E-state index is 0.100. The second-order valence-corrected chi connectivity index (χ2v) is 5.55. The van der Waals surface area contributed by atoms with E-state index in [1.54, 1.807) is 36.4 Å². The van der Waals surface area contributed by atoms with E-state index in [1.165, 1.54) is 24.3 Å². The van der Waals surface area contributed by atoms with Gasteiger partial charge in [-0.2, -0.15) is 9.67 Å². The lowest BCUT2D eigenvalue weighted by atomic mass is 10.3. The highest BCUT2D eigenvalue weighted by molar-refractivity contribution is 7.60. The van der Waals surface area contributed by atoms with Gasteiger partial charge in [-0.25, -0.2) is 4.57 Å². The summed E-state index contributed by atoms with van der Waals surface area (Å²) < 4.78 is 12.1. The van der Waals surface area contributed by atoms with Gasteiger partial charge in [0.15, 0.2) is 0 Å². The Morgan fingerprint density at radius 2 is 1.05 bits per heavy atom. The molecule has 6 nitrogen and oxygen atoms in total. The number of para-hydroxylation sites is 2. The van der Waals surface area contributed by atoms with E-state index >= 15 is 0 Å². The van der Waals surface area contributed by atoms with Crippen molar-refractivity contribution in [1.82, 2.24) is 0 Å². The molecule has 2 aromatic rings. The van der Waals surface area contributed by atoms with Gasteiger partial charge in [-0.15, -0.1) is 0 Å². The minimum Gasteiger partial charge on any atom is -0.310 e. The van der Waals surface area contributed by atoms with Gasteiger partial charge in [-0.3, -0.25) is 10.4 Å². The Labute approximate surface area is 110 Å². The molecule has 0 heterocycles. The molecule has 2 rings (SSSR count). The monoisotopic (exact) mass is 280 g/mol. The second kappa shape index (κ2) is 5.42. The van der Waals surface area contributed by atoms with Crippen LogP contribution in [0, 0.1) is 0 Å². The van der Waals surface area contributed by atoms with Crippen LogP contribution in [0.3, 0.4) is 0 Å². The Balaban J connectivity index is 2.30.